The number of aromatic nitrogens is 3. The molecule has 0 aliphatic carbocycles. The van der Waals surface area contributed by atoms with Crippen LogP contribution in [0.1, 0.15) is 22.9 Å². The van der Waals surface area contributed by atoms with Crippen molar-refractivity contribution >= 4 is 23.2 Å². The average Bonchev–Trinajstić information content (AvgIpc) is 2.99. The van der Waals surface area contributed by atoms with Gasteiger partial charge in [0.2, 0.25) is 5.88 Å². The minimum Gasteiger partial charge on any atom is -0.438 e. The van der Waals surface area contributed by atoms with E-state index in [1.807, 2.05) is 84.1 Å². The van der Waals surface area contributed by atoms with Crippen LogP contribution in [-0.4, -0.2) is 26.9 Å². The van der Waals surface area contributed by atoms with E-state index in [-0.39, 0.29) is 0 Å². The second-order valence-corrected chi connectivity index (χ2v) is 9.35. The van der Waals surface area contributed by atoms with Gasteiger partial charge in [0.05, 0.1) is 22.7 Å². The molecule has 1 atom stereocenters. The predicted octanol–water partition coefficient (Wildman–Crippen LogP) is 6.28. The second kappa shape index (κ2) is 10.5. The molecule has 1 unspecified atom stereocenters. The van der Waals surface area contributed by atoms with Crippen LogP contribution in [0.2, 0.25) is 0 Å². The standard InChI is InChI=1S/C30H24N6OS/c1-38-30-33-19-17-26(34-30)25-12-7-18-32-29(25)37-22-15-13-21(14-16-22)36-28(31)24-11-6-5-10-23(24)27(35-36)20-8-3-2-4-9-20/h2-19,28H,31H2,1H3. The molecule has 2 aromatic heterocycles. The Morgan fingerprint density at radius 3 is 2.37 bits per heavy atom. The molecule has 0 radical (unpaired) electrons. The van der Waals surface area contributed by atoms with Crippen molar-refractivity contribution in [2.75, 3.05) is 11.3 Å². The van der Waals surface area contributed by atoms with Gasteiger partial charge < -0.3 is 10.5 Å². The van der Waals surface area contributed by atoms with E-state index in [0.717, 1.165) is 39.3 Å². The molecule has 6 rings (SSSR count). The third-order valence-corrected chi connectivity index (χ3v) is 6.79. The normalized spacial score (nSPS) is 14.5. The molecule has 0 saturated carbocycles. The maximum absolute atomic E-state index is 6.70. The molecule has 0 spiro atoms. The molecule has 0 saturated heterocycles. The van der Waals surface area contributed by atoms with Crippen LogP contribution in [0.25, 0.3) is 11.3 Å². The molecular formula is C30H24N6OS. The summed E-state index contributed by atoms with van der Waals surface area (Å²) < 4.78 is 6.19. The molecule has 7 nitrogen and oxygen atoms in total. The number of rotatable bonds is 6. The van der Waals surface area contributed by atoms with E-state index >= 15 is 0 Å². The number of fused-ring (bicyclic) bond motifs is 1. The highest BCUT2D eigenvalue weighted by Gasteiger charge is 2.27. The van der Waals surface area contributed by atoms with Gasteiger partial charge in [0, 0.05) is 29.1 Å². The lowest BCUT2D eigenvalue weighted by Gasteiger charge is -2.33. The quantitative estimate of drug-likeness (QED) is 0.210. The van der Waals surface area contributed by atoms with E-state index < -0.39 is 6.17 Å². The van der Waals surface area contributed by atoms with E-state index in [1.165, 1.54) is 11.8 Å². The van der Waals surface area contributed by atoms with Crippen molar-refractivity contribution in [2.24, 2.45) is 10.8 Å². The van der Waals surface area contributed by atoms with Gasteiger partial charge >= 0.3 is 0 Å². The van der Waals surface area contributed by atoms with Crippen molar-refractivity contribution in [1.82, 2.24) is 15.0 Å². The Morgan fingerprint density at radius 2 is 1.55 bits per heavy atom. The Hall–Kier alpha value is -4.53. The van der Waals surface area contributed by atoms with E-state index in [0.29, 0.717) is 16.8 Å². The van der Waals surface area contributed by atoms with Crippen molar-refractivity contribution in [3.05, 3.63) is 126 Å². The molecule has 5 aromatic rings. The first-order valence-corrected chi connectivity index (χ1v) is 13.3. The SMILES string of the molecule is CSc1nccc(-c2cccnc2Oc2ccc(N3N=C(c4ccccc4)c4ccccc4C3N)cc2)n1. The van der Waals surface area contributed by atoms with Crippen LogP contribution in [0, 0.1) is 0 Å². The number of ether oxygens (including phenoxy) is 1. The van der Waals surface area contributed by atoms with Crippen molar-refractivity contribution < 1.29 is 4.74 Å². The van der Waals surface area contributed by atoms with Crippen molar-refractivity contribution in [3.8, 4) is 22.9 Å². The Bertz CT molecular complexity index is 1610. The molecule has 3 aromatic carbocycles. The van der Waals surface area contributed by atoms with Gasteiger partial charge in [-0.15, -0.1) is 0 Å². The Labute approximate surface area is 225 Å². The smallest absolute Gasteiger partial charge is 0.228 e. The number of anilines is 1. The summed E-state index contributed by atoms with van der Waals surface area (Å²) in [5, 5.41) is 7.53. The van der Waals surface area contributed by atoms with E-state index in [2.05, 4.69) is 39.2 Å². The minimum atomic E-state index is -0.420. The zero-order valence-electron chi connectivity index (χ0n) is 20.6. The van der Waals surface area contributed by atoms with Crippen LogP contribution in [0.4, 0.5) is 5.69 Å². The summed E-state index contributed by atoms with van der Waals surface area (Å²) in [6.07, 6.45) is 4.97. The summed E-state index contributed by atoms with van der Waals surface area (Å²) >= 11 is 1.49. The molecule has 8 heteroatoms. The average molecular weight is 517 g/mol. The maximum atomic E-state index is 6.70. The summed E-state index contributed by atoms with van der Waals surface area (Å²) in [6, 6.07) is 31.6. The highest BCUT2D eigenvalue weighted by atomic mass is 32.2. The summed E-state index contributed by atoms with van der Waals surface area (Å²) in [5.74, 6) is 1.12. The van der Waals surface area contributed by atoms with Crippen LogP contribution in [0.5, 0.6) is 11.6 Å². The zero-order valence-corrected chi connectivity index (χ0v) is 21.4. The van der Waals surface area contributed by atoms with Gasteiger partial charge in [0.25, 0.3) is 0 Å². The van der Waals surface area contributed by atoms with Crippen molar-refractivity contribution in [3.63, 3.8) is 0 Å². The number of nitrogens with zero attached hydrogens (tertiary/aromatic N) is 5. The molecule has 2 N–H and O–H groups in total. The first-order valence-electron chi connectivity index (χ1n) is 12.1. The lowest BCUT2D eigenvalue weighted by atomic mass is 9.94. The molecule has 1 aliphatic rings. The highest BCUT2D eigenvalue weighted by Crippen LogP contribution is 2.35. The monoisotopic (exact) mass is 516 g/mol. The minimum absolute atomic E-state index is 0.420. The van der Waals surface area contributed by atoms with Gasteiger partial charge in [-0.05, 0) is 48.7 Å². The number of hydrogen-bond donors (Lipinski definition) is 1. The third-order valence-electron chi connectivity index (χ3n) is 6.23. The van der Waals surface area contributed by atoms with Crippen molar-refractivity contribution in [1.29, 1.82) is 0 Å². The van der Waals surface area contributed by atoms with Gasteiger partial charge in [0.15, 0.2) is 5.16 Å². The summed E-state index contributed by atoms with van der Waals surface area (Å²) in [7, 11) is 0. The molecule has 38 heavy (non-hydrogen) atoms. The first kappa shape index (κ1) is 23.8. The Kier molecular flexibility index (Phi) is 6.56. The first-order chi connectivity index (χ1) is 18.7. The number of hydrazone groups is 1. The highest BCUT2D eigenvalue weighted by molar-refractivity contribution is 7.98. The fourth-order valence-corrected chi connectivity index (χ4v) is 4.74. The van der Waals surface area contributed by atoms with Crippen LogP contribution < -0.4 is 15.5 Å². The molecular weight excluding hydrogens is 492 g/mol. The number of benzene rings is 3. The van der Waals surface area contributed by atoms with Gasteiger partial charge in [-0.2, -0.15) is 5.10 Å². The van der Waals surface area contributed by atoms with Gasteiger partial charge in [-0.1, -0.05) is 66.4 Å². The third kappa shape index (κ3) is 4.63. The molecule has 0 bridgehead atoms. The Balaban J connectivity index is 1.31. The van der Waals surface area contributed by atoms with E-state index in [1.54, 1.807) is 12.4 Å². The molecule has 1 aliphatic heterocycles. The van der Waals surface area contributed by atoms with E-state index in [4.69, 9.17) is 15.6 Å². The van der Waals surface area contributed by atoms with Gasteiger partial charge in [0.1, 0.15) is 11.9 Å². The Morgan fingerprint density at radius 1 is 0.789 bits per heavy atom. The number of pyridine rings is 1. The van der Waals surface area contributed by atoms with E-state index in [9.17, 15) is 0 Å². The molecule has 0 amide bonds. The van der Waals surface area contributed by atoms with Crippen molar-refractivity contribution in [2.45, 2.75) is 11.3 Å². The summed E-state index contributed by atoms with van der Waals surface area (Å²) in [5.41, 5.74) is 13.1. The summed E-state index contributed by atoms with van der Waals surface area (Å²) in [6.45, 7) is 0. The molecule has 0 fully saturated rings. The fraction of sp³-hybridized carbons (Fsp3) is 0.0667. The topological polar surface area (TPSA) is 89.5 Å². The number of nitrogens with two attached hydrogens (primary N) is 1. The summed E-state index contributed by atoms with van der Waals surface area (Å²) in [4.78, 5) is 13.3. The zero-order chi connectivity index (χ0) is 25.9. The van der Waals surface area contributed by atoms with Gasteiger partial charge in [-0.3, -0.25) is 0 Å². The van der Waals surface area contributed by atoms with Crippen LogP contribution in [0.15, 0.2) is 120 Å². The maximum Gasteiger partial charge on any atom is 0.228 e. The van der Waals surface area contributed by atoms with Crippen LogP contribution in [-0.2, 0) is 0 Å². The second-order valence-electron chi connectivity index (χ2n) is 8.57. The van der Waals surface area contributed by atoms with Gasteiger partial charge in [-0.25, -0.2) is 20.0 Å². The lowest BCUT2D eigenvalue weighted by molar-refractivity contribution is 0.464. The lowest BCUT2D eigenvalue weighted by Crippen LogP contribution is -2.36. The largest absolute Gasteiger partial charge is 0.438 e. The number of hydrogen-bond acceptors (Lipinski definition) is 8. The van der Waals surface area contributed by atoms with Crippen LogP contribution >= 0.6 is 11.8 Å². The predicted molar refractivity (Wildman–Crippen MR) is 151 cm³/mol. The number of thioether (sulfide) groups is 1. The van der Waals surface area contributed by atoms with Crippen LogP contribution in [0.3, 0.4) is 0 Å². The molecule has 186 valence electrons. The molecule has 3 heterocycles. The fourth-order valence-electron chi connectivity index (χ4n) is 4.39.